The Kier molecular flexibility index (Phi) is 8.85. The first-order valence-electron chi connectivity index (χ1n) is 7.75. The second-order valence-corrected chi connectivity index (χ2v) is 4.80. The fraction of sp³-hybridized carbons (Fsp3) is 0.353. The van der Waals surface area contributed by atoms with E-state index in [0.29, 0.717) is 32.7 Å². The lowest BCUT2D eigenvalue weighted by Crippen LogP contribution is -2.36. The van der Waals surface area contributed by atoms with Gasteiger partial charge < -0.3 is 20.7 Å². The molecule has 0 heterocycles. The highest BCUT2D eigenvalue weighted by Gasteiger charge is 2.17. The van der Waals surface area contributed by atoms with Crippen molar-refractivity contribution in [2.75, 3.05) is 31.6 Å². The summed E-state index contributed by atoms with van der Waals surface area (Å²) in [4.78, 5) is 35.7. The molecule has 7 heteroatoms. The second-order valence-electron chi connectivity index (χ2n) is 4.80. The van der Waals surface area contributed by atoms with Crippen molar-refractivity contribution in [3.05, 3.63) is 42.5 Å². The minimum absolute atomic E-state index is 0.272. The van der Waals surface area contributed by atoms with Crippen LogP contribution in [0, 0.1) is 0 Å². The van der Waals surface area contributed by atoms with Gasteiger partial charge in [-0.1, -0.05) is 18.2 Å². The molecule has 0 spiro atoms. The molecule has 3 amide bonds. The van der Waals surface area contributed by atoms with Crippen molar-refractivity contribution in [1.29, 1.82) is 0 Å². The molecule has 1 aromatic rings. The van der Waals surface area contributed by atoms with Gasteiger partial charge in [-0.2, -0.15) is 0 Å². The van der Waals surface area contributed by atoms with Crippen LogP contribution in [-0.2, 0) is 14.3 Å². The number of carbonyl (C=O) groups is 3. The van der Waals surface area contributed by atoms with Gasteiger partial charge in [-0.3, -0.25) is 14.4 Å². The summed E-state index contributed by atoms with van der Waals surface area (Å²) in [5, 5.41) is 7.57. The molecule has 24 heavy (non-hydrogen) atoms. The van der Waals surface area contributed by atoms with Crippen LogP contribution in [0.2, 0.25) is 0 Å². The van der Waals surface area contributed by atoms with Gasteiger partial charge in [-0.15, -0.1) is 6.58 Å². The van der Waals surface area contributed by atoms with Crippen LogP contribution in [0.5, 0.6) is 0 Å². The van der Waals surface area contributed by atoms with E-state index >= 15 is 0 Å². The van der Waals surface area contributed by atoms with Gasteiger partial charge in [0.2, 0.25) is 0 Å². The van der Waals surface area contributed by atoms with Gasteiger partial charge in [0.05, 0.1) is 11.3 Å². The molecule has 0 atom stereocenters. The Hall–Kier alpha value is -2.67. The monoisotopic (exact) mass is 333 g/mol. The third-order valence-corrected chi connectivity index (χ3v) is 2.99. The number of para-hydroxylation sites is 1. The van der Waals surface area contributed by atoms with Gasteiger partial charge in [0, 0.05) is 26.3 Å². The molecular weight excluding hydrogens is 310 g/mol. The van der Waals surface area contributed by atoms with Gasteiger partial charge in [0.25, 0.3) is 5.91 Å². The fourth-order valence-corrected chi connectivity index (χ4v) is 1.83. The van der Waals surface area contributed by atoms with Crippen LogP contribution in [0.25, 0.3) is 0 Å². The van der Waals surface area contributed by atoms with Gasteiger partial charge in [0.15, 0.2) is 0 Å². The Morgan fingerprint density at radius 2 is 1.92 bits per heavy atom. The van der Waals surface area contributed by atoms with E-state index in [1.54, 1.807) is 30.3 Å². The number of rotatable bonds is 9. The van der Waals surface area contributed by atoms with E-state index in [0.717, 1.165) is 0 Å². The molecule has 0 aliphatic heterocycles. The van der Waals surface area contributed by atoms with Crippen LogP contribution in [-0.4, -0.2) is 44.0 Å². The summed E-state index contributed by atoms with van der Waals surface area (Å²) in [6.07, 6.45) is 2.17. The Labute approximate surface area is 141 Å². The molecular formula is C17H23N3O4. The summed E-state index contributed by atoms with van der Waals surface area (Å²) in [6.45, 7) is 7.18. The standard InChI is InChI=1S/C17H23N3O4/c1-3-10-18-15(21)13-8-5-6-9-14(13)20-17(23)16(22)19-11-7-12-24-4-2/h3,5-6,8-9H,1,4,7,10-12H2,2H3,(H,18,21)(H,19,22)(H,20,23). The molecule has 0 saturated carbocycles. The zero-order valence-corrected chi connectivity index (χ0v) is 13.8. The normalized spacial score (nSPS) is 9.88. The first-order chi connectivity index (χ1) is 11.6. The molecule has 130 valence electrons. The number of hydrogen-bond acceptors (Lipinski definition) is 4. The molecule has 0 unspecified atom stereocenters. The highest BCUT2D eigenvalue weighted by molar-refractivity contribution is 6.40. The van der Waals surface area contributed by atoms with E-state index in [1.807, 2.05) is 6.92 Å². The van der Waals surface area contributed by atoms with Crippen LogP contribution in [0.1, 0.15) is 23.7 Å². The Morgan fingerprint density at radius 3 is 2.62 bits per heavy atom. The van der Waals surface area contributed by atoms with Crippen molar-refractivity contribution in [1.82, 2.24) is 10.6 Å². The molecule has 0 aliphatic carbocycles. The van der Waals surface area contributed by atoms with E-state index in [1.165, 1.54) is 0 Å². The van der Waals surface area contributed by atoms with Crippen LogP contribution >= 0.6 is 0 Å². The summed E-state index contributed by atoms with van der Waals surface area (Å²) >= 11 is 0. The zero-order chi connectivity index (χ0) is 17.8. The van der Waals surface area contributed by atoms with Crippen LogP contribution in [0.4, 0.5) is 5.69 Å². The highest BCUT2D eigenvalue weighted by Crippen LogP contribution is 2.14. The lowest BCUT2D eigenvalue weighted by atomic mass is 10.1. The maximum Gasteiger partial charge on any atom is 0.313 e. The van der Waals surface area contributed by atoms with Crippen LogP contribution in [0.15, 0.2) is 36.9 Å². The molecule has 3 N–H and O–H groups in total. The summed E-state index contributed by atoms with van der Waals surface area (Å²) in [5.41, 5.74) is 0.547. The Bertz CT molecular complexity index is 587. The van der Waals surface area contributed by atoms with Gasteiger partial charge in [-0.05, 0) is 25.5 Å². The summed E-state index contributed by atoms with van der Waals surface area (Å²) in [7, 11) is 0. The van der Waals surface area contributed by atoms with Crippen molar-refractivity contribution in [2.24, 2.45) is 0 Å². The van der Waals surface area contributed by atoms with E-state index < -0.39 is 11.8 Å². The van der Waals surface area contributed by atoms with Crippen molar-refractivity contribution >= 4 is 23.4 Å². The van der Waals surface area contributed by atoms with Crippen molar-refractivity contribution in [3.8, 4) is 0 Å². The van der Waals surface area contributed by atoms with Crippen molar-refractivity contribution in [3.63, 3.8) is 0 Å². The molecule has 0 bridgehead atoms. The lowest BCUT2D eigenvalue weighted by molar-refractivity contribution is -0.136. The number of benzene rings is 1. The van der Waals surface area contributed by atoms with E-state index in [9.17, 15) is 14.4 Å². The van der Waals surface area contributed by atoms with E-state index in [4.69, 9.17) is 4.74 Å². The molecule has 0 radical (unpaired) electrons. The lowest BCUT2D eigenvalue weighted by Gasteiger charge is -2.11. The zero-order valence-electron chi connectivity index (χ0n) is 13.8. The largest absolute Gasteiger partial charge is 0.382 e. The maximum atomic E-state index is 12.0. The first-order valence-corrected chi connectivity index (χ1v) is 7.75. The minimum atomic E-state index is -0.824. The predicted octanol–water partition coefficient (Wildman–Crippen LogP) is 1.08. The highest BCUT2D eigenvalue weighted by atomic mass is 16.5. The minimum Gasteiger partial charge on any atom is -0.382 e. The molecule has 1 rings (SSSR count). The van der Waals surface area contributed by atoms with Gasteiger partial charge in [-0.25, -0.2) is 0 Å². The number of hydrogen-bond donors (Lipinski definition) is 3. The average Bonchev–Trinajstić information content (AvgIpc) is 2.59. The molecule has 0 saturated heterocycles. The number of ether oxygens (including phenoxy) is 1. The van der Waals surface area contributed by atoms with E-state index in [2.05, 4.69) is 22.5 Å². The quantitative estimate of drug-likeness (QED) is 0.358. The first kappa shape index (κ1) is 19.4. The third kappa shape index (κ3) is 6.62. The second kappa shape index (κ2) is 11.0. The van der Waals surface area contributed by atoms with E-state index in [-0.39, 0.29) is 17.2 Å². The van der Waals surface area contributed by atoms with Gasteiger partial charge in [0.1, 0.15) is 0 Å². The maximum absolute atomic E-state index is 12.0. The fourth-order valence-electron chi connectivity index (χ4n) is 1.83. The number of amides is 3. The number of anilines is 1. The number of carbonyl (C=O) groups excluding carboxylic acids is 3. The van der Waals surface area contributed by atoms with Crippen molar-refractivity contribution < 1.29 is 19.1 Å². The average molecular weight is 333 g/mol. The summed E-state index contributed by atoms with van der Waals surface area (Å²) < 4.78 is 5.14. The molecule has 0 aromatic heterocycles. The topological polar surface area (TPSA) is 96.5 Å². The summed E-state index contributed by atoms with van der Waals surface area (Å²) in [6, 6.07) is 6.46. The predicted molar refractivity (Wildman–Crippen MR) is 91.7 cm³/mol. The molecule has 0 aliphatic rings. The SMILES string of the molecule is C=CCNC(=O)c1ccccc1NC(=O)C(=O)NCCCOCC. The van der Waals surface area contributed by atoms with Crippen molar-refractivity contribution in [2.45, 2.75) is 13.3 Å². The summed E-state index contributed by atoms with van der Waals surface area (Å²) in [5.74, 6) is -1.94. The Morgan fingerprint density at radius 1 is 1.17 bits per heavy atom. The van der Waals surface area contributed by atoms with Gasteiger partial charge >= 0.3 is 11.8 Å². The molecule has 1 aromatic carbocycles. The smallest absolute Gasteiger partial charge is 0.313 e. The Balaban J connectivity index is 2.58. The molecule has 0 fully saturated rings. The third-order valence-electron chi connectivity index (χ3n) is 2.99. The molecule has 7 nitrogen and oxygen atoms in total. The number of nitrogens with one attached hydrogen (secondary N) is 3. The van der Waals surface area contributed by atoms with Crippen LogP contribution in [0.3, 0.4) is 0 Å². The van der Waals surface area contributed by atoms with Crippen LogP contribution < -0.4 is 16.0 Å².